The van der Waals surface area contributed by atoms with E-state index in [1.807, 2.05) is 0 Å². The van der Waals surface area contributed by atoms with Crippen molar-refractivity contribution in [3.8, 4) is 61.3 Å². The minimum Gasteiger partial charge on any atom is -0.309 e. The molecule has 13 rings (SSSR count). The van der Waals surface area contributed by atoms with Crippen LogP contribution in [0.1, 0.15) is 51.8 Å². The normalized spacial score (nSPS) is 15.1. The lowest BCUT2D eigenvalue weighted by atomic mass is 9.77. The maximum absolute atomic E-state index is 2.45. The number of aromatic nitrogens is 1. The van der Waals surface area contributed by atoms with Crippen LogP contribution in [0.3, 0.4) is 0 Å². The van der Waals surface area contributed by atoms with Crippen molar-refractivity contribution in [1.29, 1.82) is 0 Å². The molecule has 0 N–H and O–H groups in total. The molecule has 3 aliphatic rings. The molecule has 1 nitrogen and oxygen atoms in total. The van der Waals surface area contributed by atoms with Crippen molar-refractivity contribution in [3.05, 3.63) is 263 Å². The molecule has 9 aromatic carbocycles. The van der Waals surface area contributed by atoms with Crippen molar-refractivity contribution in [2.75, 3.05) is 0 Å². The molecular formula is C67H53N. The van der Waals surface area contributed by atoms with Gasteiger partial charge in [-0.2, -0.15) is 0 Å². The standard InChI is InChI=1S/C53H41N.C14H12/c1-4-36-28-39(24-25-48(36)46-13-7-5-11-35(46)3)37-18-20-38(21-19-37)43-30-44(40-22-23-42-29-41-12-6-8-14-47(41)50(42)33-40)32-45(31-43)54-52-16-10-9-15-49(52)51-27-34(2)17-26-53(51)54;1-3-7-13-11(5-1)9-10-12-6-2-4-8-14(12)13/h5-28,30-33H,4,29H2,1-3H3;1-11,13H. The Morgan fingerprint density at radius 2 is 1.12 bits per heavy atom. The minimum atomic E-state index is 0.557. The lowest BCUT2D eigenvalue weighted by Crippen LogP contribution is -2.12. The average Bonchev–Trinajstić information content (AvgIpc) is 3.94. The second kappa shape index (κ2) is 17.3. The molecule has 1 heteroatoms. The first-order valence-corrected chi connectivity index (χ1v) is 24.3. The number of allylic oxidation sites excluding steroid dienone is 5. The van der Waals surface area contributed by atoms with Gasteiger partial charge < -0.3 is 4.57 Å². The van der Waals surface area contributed by atoms with Gasteiger partial charge in [0.15, 0.2) is 0 Å². The van der Waals surface area contributed by atoms with Crippen LogP contribution in [-0.2, 0) is 12.8 Å². The molecule has 68 heavy (non-hydrogen) atoms. The predicted octanol–water partition coefficient (Wildman–Crippen LogP) is 17.7. The summed E-state index contributed by atoms with van der Waals surface area (Å²) in [6, 6.07) is 72.2. The monoisotopic (exact) mass is 871 g/mol. The fraction of sp³-hybridized carbons (Fsp3) is 0.104. The lowest BCUT2D eigenvalue weighted by Gasteiger charge is -2.27. The van der Waals surface area contributed by atoms with Crippen LogP contribution in [0, 0.1) is 19.8 Å². The van der Waals surface area contributed by atoms with Crippen molar-refractivity contribution in [3.63, 3.8) is 0 Å². The Morgan fingerprint density at radius 1 is 0.456 bits per heavy atom. The largest absolute Gasteiger partial charge is 0.309 e. The first kappa shape index (κ1) is 41.4. The van der Waals surface area contributed by atoms with Crippen molar-refractivity contribution in [2.24, 2.45) is 5.92 Å². The molecule has 1 aromatic heterocycles. The fourth-order valence-electron chi connectivity index (χ4n) is 11.1. The van der Waals surface area contributed by atoms with E-state index in [1.165, 1.54) is 122 Å². The highest BCUT2D eigenvalue weighted by Crippen LogP contribution is 2.42. The SMILES string of the molecule is C1=CC2C=Cc3ccccc3C2C=C1.CCc1cc(-c2ccc(-c3cc(-c4ccc5c(c4)-c4ccccc4C5)cc(-n4c5ccccc5c5cc(C)ccc54)c3)cc2)ccc1-c1ccccc1C. The second-order valence-electron chi connectivity index (χ2n) is 18.8. The molecule has 0 saturated carbocycles. The first-order valence-electron chi connectivity index (χ1n) is 24.3. The number of hydrogen-bond donors (Lipinski definition) is 0. The summed E-state index contributed by atoms with van der Waals surface area (Å²) in [6.07, 6.45) is 15.4. The van der Waals surface area contributed by atoms with Crippen LogP contribution >= 0.6 is 0 Å². The average molecular weight is 872 g/mol. The van der Waals surface area contributed by atoms with E-state index in [0.29, 0.717) is 11.8 Å². The van der Waals surface area contributed by atoms with E-state index in [4.69, 9.17) is 0 Å². The fourth-order valence-corrected chi connectivity index (χ4v) is 11.1. The first-order chi connectivity index (χ1) is 33.5. The molecule has 0 fully saturated rings. The number of fused-ring (bicyclic) bond motifs is 9. The topological polar surface area (TPSA) is 4.93 Å². The van der Waals surface area contributed by atoms with E-state index in [-0.39, 0.29) is 0 Å². The van der Waals surface area contributed by atoms with Gasteiger partial charge in [-0.1, -0.05) is 201 Å². The molecule has 0 radical (unpaired) electrons. The van der Waals surface area contributed by atoms with Crippen LogP contribution in [0.5, 0.6) is 0 Å². The van der Waals surface area contributed by atoms with Gasteiger partial charge in [-0.25, -0.2) is 0 Å². The van der Waals surface area contributed by atoms with Gasteiger partial charge in [0.1, 0.15) is 0 Å². The van der Waals surface area contributed by atoms with Gasteiger partial charge in [-0.15, -0.1) is 0 Å². The summed E-state index contributed by atoms with van der Waals surface area (Å²) < 4.78 is 2.45. The van der Waals surface area contributed by atoms with Gasteiger partial charge in [0.2, 0.25) is 0 Å². The number of nitrogens with zero attached hydrogens (tertiary/aromatic N) is 1. The molecule has 1 heterocycles. The molecule has 0 bridgehead atoms. The molecule has 0 spiro atoms. The Bertz CT molecular complexity index is 3660. The van der Waals surface area contributed by atoms with Gasteiger partial charge in [0, 0.05) is 28.3 Å². The highest BCUT2D eigenvalue weighted by Gasteiger charge is 2.23. The van der Waals surface area contributed by atoms with E-state index < -0.39 is 0 Å². The number of benzene rings is 9. The third kappa shape index (κ3) is 7.45. The molecule has 2 atom stereocenters. The van der Waals surface area contributed by atoms with Crippen LogP contribution in [0.15, 0.2) is 225 Å². The summed E-state index contributed by atoms with van der Waals surface area (Å²) in [7, 11) is 0. The van der Waals surface area contributed by atoms with Gasteiger partial charge in [0.25, 0.3) is 0 Å². The quantitative estimate of drug-likeness (QED) is 0.157. The molecule has 0 aliphatic heterocycles. The Labute approximate surface area is 400 Å². The smallest absolute Gasteiger partial charge is 0.0541 e. The van der Waals surface area contributed by atoms with Crippen molar-refractivity contribution >= 4 is 27.9 Å². The van der Waals surface area contributed by atoms with E-state index in [9.17, 15) is 0 Å². The maximum atomic E-state index is 2.45. The predicted molar refractivity (Wildman–Crippen MR) is 290 cm³/mol. The molecule has 2 unspecified atom stereocenters. The molecule has 0 saturated heterocycles. The van der Waals surface area contributed by atoms with Crippen molar-refractivity contribution in [2.45, 2.75) is 39.5 Å². The highest BCUT2D eigenvalue weighted by molar-refractivity contribution is 6.09. The molecule has 326 valence electrons. The van der Waals surface area contributed by atoms with Crippen LogP contribution in [0.4, 0.5) is 0 Å². The zero-order valence-electron chi connectivity index (χ0n) is 39.0. The number of hydrogen-bond acceptors (Lipinski definition) is 0. The zero-order chi connectivity index (χ0) is 45.7. The summed E-state index contributed by atoms with van der Waals surface area (Å²) in [6.45, 7) is 6.64. The third-order valence-electron chi connectivity index (χ3n) is 14.6. The Kier molecular flexibility index (Phi) is 10.6. The van der Waals surface area contributed by atoms with Crippen LogP contribution in [0.2, 0.25) is 0 Å². The van der Waals surface area contributed by atoms with Crippen molar-refractivity contribution in [1.82, 2.24) is 4.57 Å². The number of rotatable bonds is 6. The lowest BCUT2D eigenvalue weighted by molar-refractivity contribution is 0.692. The summed E-state index contributed by atoms with van der Waals surface area (Å²) in [5, 5.41) is 2.57. The molecule has 0 amide bonds. The van der Waals surface area contributed by atoms with Crippen LogP contribution in [-0.4, -0.2) is 4.57 Å². The highest BCUT2D eigenvalue weighted by atomic mass is 15.0. The van der Waals surface area contributed by atoms with E-state index in [2.05, 4.69) is 256 Å². The Hall–Kier alpha value is -8.00. The summed E-state index contributed by atoms with van der Waals surface area (Å²) >= 11 is 0. The van der Waals surface area contributed by atoms with E-state index >= 15 is 0 Å². The van der Waals surface area contributed by atoms with Gasteiger partial charge >= 0.3 is 0 Å². The Morgan fingerprint density at radius 3 is 1.97 bits per heavy atom. The van der Waals surface area contributed by atoms with Gasteiger partial charge in [0.05, 0.1) is 11.0 Å². The van der Waals surface area contributed by atoms with E-state index in [0.717, 1.165) is 12.8 Å². The minimum absolute atomic E-state index is 0.557. The zero-order valence-corrected chi connectivity index (χ0v) is 39.0. The van der Waals surface area contributed by atoms with Gasteiger partial charge in [-0.05, 0) is 158 Å². The van der Waals surface area contributed by atoms with Crippen LogP contribution in [0.25, 0.3) is 89.2 Å². The Balaban J connectivity index is 0.000000291. The molecular weight excluding hydrogens is 819 g/mol. The number of aryl methyl sites for hydroxylation is 3. The summed E-state index contributed by atoms with van der Waals surface area (Å²) in [4.78, 5) is 0. The number of para-hydroxylation sites is 1. The van der Waals surface area contributed by atoms with E-state index in [1.54, 1.807) is 0 Å². The molecule has 3 aliphatic carbocycles. The second-order valence-corrected chi connectivity index (χ2v) is 18.8. The van der Waals surface area contributed by atoms with Crippen molar-refractivity contribution < 1.29 is 0 Å². The maximum Gasteiger partial charge on any atom is 0.0541 e. The summed E-state index contributed by atoms with van der Waals surface area (Å²) in [5.74, 6) is 1.12. The van der Waals surface area contributed by atoms with Gasteiger partial charge in [-0.3, -0.25) is 0 Å². The molecule has 10 aromatic rings. The third-order valence-corrected chi connectivity index (χ3v) is 14.6. The summed E-state index contributed by atoms with van der Waals surface area (Å²) in [5.41, 5.74) is 25.9. The van der Waals surface area contributed by atoms with Crippen LogP contribution < -0.4 is 0 Å².